The molecule has 0 aliphatic rings. The Bertz CT molecular complexity index is 910. The molecule has 1 N–H and O–H groups in total. The third-order valence-corrected chi connectivity index (χ3v) is 4.66. The second-order valence-electron chi connectivity index (χ2n) is 6.61. The van der Waals surface area contributed by atoms with Crippen molar-refractivity contribution < 1.29 is 9.53 Å². The van der Waals surface area contributed by atoms with Crippen LogP contribution in [0, 0.1) is 6.92 Å². The maximum Gasteiger partial charge on any atom is 0.220 e. The first kappa shape index (κ1) is 20.0. The van der Waals surface area contributed by atoms with Crippen LogP contribution in [0.1, 0.15) is 29.5 Å². The van der Waals surface area contributed by atoms with Crippen LogP contribution in [0.15, 0.2) is 60.9 Å². The summed E-state index contributed by atoms with van der Waals surface area (Å²) in [4.78, 5) is 12.2. The quantitative estimate of drug-likeness (QED) is 0.545. The van der Waals surface area contributed by atoms with Gasteiger partial charge in [0.05, 0.1) is 13.2 Å². The lowest BCUT2D eigenvalue weighted by molar-refractivity contribution is -0.121. The molecular weight excluding hydrogens is 374 g/mol. The highest BCUT2D eigenvalue weighted by Gasteiger charge is 2.07. The highest BCUT2D eigenvalue weighted by Crippen LogP contribution is 2.21. The van der Waals surface area contributed by atoms with E-state index in [1.54, 1.807) is 12.3 Å². The number of carbonyl (C=O) groups is 1. The smallest absolute Gasteiger partial charge is 0.220 e. The highest BCUT2D eigenvalue weighted by molar-refractivity contribution is 6.30. The molecule has 6 heteroatoms. The van der Waals surface area contributed by atoms with Crippen LogP contribution in [0.4, 0.5) is 0 Å². The molecule has 28 heavy (non-hydrogen) atoms. The molecule has 0 fully saturated rings. The maximum absolute atomic E-state index is 12.2. The molecule has 1 amide bonds. The zero-order valence-electron chi connectivity index (χ0n) is 15.9. The lowest BCUT2D eigenvalue weighted by atomic mass is 10.1. The van der Waals surface area contributed by atoms with Gasteiger partial charge >= 0.3 is 0 Å². The van der Waals surface area contributed by atoms with E-state index < -0.39 is 0 Å². The number of halogens is 1. The summed E-state index contributed by atoms with van der Waals surface area (Å²) >= 11 is 5.94. The lowest BCUT2D eigenvalue weighted by Gasteiger charge is -2.12. The summed E-state index contributed by atoms with van der Waals surface area (Å²) in [7, 11) is 0. The molecule has 0 aliphatic carbocycles. The van der Waals surface area contributed by atoms with Gasteiger partial charge in [-0.3, -0.25) is 9.48 Å². The number of carbonyl (C=O) groups excluding carboxylic acids is 1. The van der Waals surface area contributed by atoms with Gasteiger partial charge in [0.25, 0.3) is 0 Å². The minimum atomic E-state index is 0.0188. The number of aryl methyl sites for hydroxylation is 1. The van der Waals surface area contributed by atoms with Crippen LogP contribution in [0.3, 0.4) is 0 Å². The molecule has 1 aromatic heterocycles. The van der Waals surface area contributed by atoms with Crippen LogP contribution in [0.25, 0.3) is 0 Å². The van der Waals surface area contributed by atoms with Gasteiger partial charge in [-0.15, -0.1) is 0 Å². The molecule has 5 nitrogen and oxygen atoms in total. The van der Waals surface area contributed by atoms with E-state index in [1.807, 2.05) is 54.2 Å². The first-order valence-corrected chi connectivity index (χ1v) is 9.69. The molecule has 1 heterocycles. The highest BCUT2D eigenvalue weighted by atomic mass is 35.5. The Kier molecular flexibility index (Phi) is 7.09. The molecule has 3 aromatic rings. The predicted molar refractivity (Wildman–Crippen MR) is 111 cm³/mol. The van der Waals surface area contributed by atoms with Crippen molar-refractivity contribution in [1.82, 2.24) is 15.1 Å². The van der Waals surface area contributed by atoms with Crippen LogP contribution >= 0.6 is 11.6 Å². The van der Waals surface area contributed by atoms with Gasteiger partial charge in [-0.05, 0) is 54.3 Å². The number of hydrogen-bond acceptors (Lipinski definition) is 3. The monoisotopic (exact) mass is 397 g/mol. The van der Waals surface area contributed by atoms with E-state index in [2.05, 4.69) is 16.5 Å². The zero-order valence-corrected chi connectivity index (χ0v) is 16.7. The SMILES string of the molecule is Cc1cc(Cl)ccc1OCCCC(=O)NCc1ccccc1Cn1cccn1. The van der Waals surface area contributed by atoms with Crippen LogP contribution in [-0.2, 0) is 17.9 Å². The van der Waals surface area contributed by atoms with Crippen LogP contribution in [0.2, 0.25) is 5.02 Å². The second kappa shape index (κ2) is 9.95. The van der Waals surface area contributed by atoms with Gasteiger partial charge in [-0.1, -0.05) is 35.9 Å². The summed E-state index contributed by atoms with van der Waals surface area (Å²) in [6.07, 6.45) is 4.77. The largest absolute Gasteiger partial charge is 0.493 e. The number of aromatic nitrogens is 2. The van der Waals surface area contributed by atoms with Crippen LogP contribution in [0.5, 0.6) is 5.75 Å². The summed E-state index contributed by atoms with van der Waals surface area (Å²) in [5, 5.41) is 7.93. The molecule has 0 spiro atoms. The minimum absolute atomic E-state index is 0.0188. The van der Waals surface area contributed by atoms with Crippen molar-refractivity contribution in [2.75, 3.05) is 6.61 Å². The molecule has 0 aliphatic heterocycles. The van der Waals surface area contributed by atoms with Gasteiger partial charge in [0.2, 0.25) is 5.91 Å². The first-order chi connectivity index (χ1) is 13.6. The van der Waals surface area contributed by atoms with Crippen molar-refractivity contribution in [1.29, 1.82) is 0 Å². The Labute approximate surface area is 170 Å². The topological polar surface area (TPSA) is 56.1 Å². The Balaban J connectivity index is 1.42. The van der Waals surface area contributed by atoms with E-state index in [1.165, 1.54) is 0 Å². The molecule has 0 radical (unpaired) electrons. The van der Waals surface area contributed by atoms with Gasteiger partial charge in [-0.25, -0.2) is 0 Å². The Hall–Kier alpha value is -2.79. The first-order valence-electron chi connectivity index (χ1n) is 9.31. The summed E-state index contributed by atoms with van der Waals surface area (Å²) < 4.78 is 7.61. The Morgan fingerprint density at radius 2 is 2.00 bits per heavy atom. The van der Waals surface area contributed by atoms with Crippen molar-refractivity contribution in [3.05, 3.63) is 82.6 Å². The van der Waals surface area contributed by atoms with Crippen molar-refractivity contribution in [3.63, 3.8) is 0 Å². The summed E-state index contributed by atoms with van der Waals surface area (Å²) in [6.45, 7) is 3.64. The van der Waals surface area contributed by atoms with E-state index in [0.29, 0.717) is 37.6 Å². The summed E-state index contributed by atoms with van der Waals surface area (Å²) in [5.41, 5.74) is 3.23. The van der Waals surface area contributed by atoms with E-state index in [-0.39, 0.29) is 5.91 Å². The standard InChI is InChI=1S/C22H24ClN3O2/c1-17-14-20(23)9-10-21(17)28-13-4-8-22(27)24-15-18-6-2-3-7-19(18)16-26-12-5-11-25-26/h2-3,5-7,9-12,14H,4,8,13,15-16H2,1H3,(H,24,27). The lowest BCUT2D eigenvalue weighted by Crippen LogP contribution is -2.23. The van der Waals surface area contributed by atoms with Crippen molar-refractivity contribution in [3.8, 4) is 5.75 Å². The summed E-state index contributed by atoms with van der Waals surface area (Å²) in [6, 6.07) is 15.5. The van der Waals surface area contributed by atoms with Crippen molar-refractivity contribution in [2.24, 2.45) is 0 Å². The number of amides is 1. The van der Waals surface area contributed by atoms with Gasteiger partial charge in [-0.2, -0.15) is 5.10 Å². The molecule has 146 valence electrons. The maximum atomic E-state index is 12.2. The number of rotatable bonds is 9. The molecule has 0 unspecified atom stereocenters. The van der Waals surface area contributed by atoms with E-state index in [0.717, 1.165) is 22.4 Å². The van der Waals surface area contributed by atoms with Crippen LogP contribution < -0.4 is 10.1 Å². The van der Waals surface area contributed by atoms with Gasteiger partial charge in [0, 0.05) is 30.4 Å². The van der Waals surface area contributed by atoms with Crippen molar-refractivity contribution in [2.45, 2.75) is 32.9 Å². The average molecular weight is 398 g/mol. The van der Waals surface area contributed by atoms with Crippen LogP contribution in [-0.4, -0.2) is 22.3 Å². The van der Waals surface area contributed by atoms with E-state index in [4.69, 9.17) is 16.3 Å². The number of hydrogen-bond donors (Lipinski definition) is 1. The molecule has 2 aromatic carbocycles. The molecule has 0 saturated carbocycles. The zero-order chi connectivity index (χ0) is 19.8. The number of ether oxygens (including phenoxy) is 1. The molecule has 0 saturated heterocycles. The third-order valence-electron chi connectivity index (χ3n) is 4.43. The van der Waals surface area contributed by atoms with Gasteiger partial charge in [0.1, 0.15) is 5.75 Å². The average Bonchev–Trinajstić information content (AvgIpc) is 3.19. The number of benzene rings is 2. The fourth-order valence-electron chi connectivity index (χ4n) is 2.92. The molecule has 0 bridgehead atoms. The normalized spacial score (nSPS) is 10.6. The second-order valence-corrected chi connectivity index (χ2v) is 7.05. The van der Waals surface area contributed by atoms with E-state index in [9.17, 15) is 4.79 Å². The summed E-state index contributed by atoms with van der Waals surface area (Å²) in [5.74, 6) is 0.822. The Morgan fingerprint density at radius 3 is 2.75 bits per heavy atom. The van der Waals surface area contributed by atoms with Gasteiger partial charge < -0.3 is 10.1 Å². The van der Waals surface area contributed by atoms with E-state index >= 15 is 0 Å². The number of nitrogens with zero attached hydrogens (tertiary/aromatic N) is 2. The van der Waals surface area contributed by atoms with Crippen molar-refractivity contribution >= 4 is 17.5 Å². The fourth-order valence-corrected chi connectivity index (χ4v) is 3.15. The molecule has 3 rings (SSSR count). The number of nitrogens with one attached hydrogen (secondary N) is 1. The predicted octanol–water partition coefficient (Wildman–Crippen LogP) is 4.37. The molecule has 0 atom stereocenters. The van der Waals surface area contributed by atoms with Gasteiger partial charge in [0.15, 0.2) is 0 Å². The Morgan fingerprint density at radius 1 is 1.18 bits per heavy atom. The minimum Gasteiger partial charge on any atom is -0.493 e. The fraction of sp³-hybridized carbons (Fsp3) is 0.273. The third kappa shape index (κ3) is 5.86. The molecular formula is C22H24ClN3O2.